The van der Waals surface area contributed by atoms with Crippen LogP contribution in [0.15, 0.2) is 16.6 Å². The van der Waals surface area contributed by atoms with Gasteiger partial charge in [-0.2, -0.15) is 0 Å². The number of halogens is 1. The molecule has 80 valence electrons. The molecule has 2 rings (SSSR count). The molecule has 1 heterocycles. The number of amides is 1. The predicted octanol–water partition coefficient (Wildman–Crippen LogP) is 2.90. The van der Waals surface area contributed by atoms with E-state index >= 15 is 0 Å². The lowest BCUT2D eigenvalue weighted by Gasteiger charge is -2.33. The summed E-state index contributed by atoms with van der Waals surface area (Å²) in [6.45, 7) is 5.71. The second kappa shape index (κ2) is 3.23. The fourth-order valence-electron chi connectivity index (χ4n) is 1.62. The van der Waals surface area contributed by atoms with Crippen LogP contribution in [-0.2, 0) is 4.79 Å². The summed E-state index contributed by atoms with van der Waals surface area (Å²) in [6, 6.07) is 3.99. The maximum Gasteiger partial charge on any atom is 0.249 e. The molecule has 0 aliphatic carbocycles. The second-order valence-corrected chi connectivity index (χ2v) is 5.23. The van der Waals surface area contributed by atoms with Crippen molar-refractivity contribution >= 4 is 33.2 Å². The Morgan fingerprint density at radius 2 is 2.00 bits per heavy atom. The third-order valence-corrected chi connectivity index (χ3v) is 3.11. The molecule has 0 bridgehead atoms. The zero-order chi connectivity index (χ0) is 11.2. The quantitative estimate of drug-likeness (QED) is 0.760. The first-order valence-electron chi connectivity index (χ1n) is 4.80. The van der Waals surface area contributed by atoms with Crippen LogP contribution in [0.1, 0.15) is 19.4 Å². The van der Waals surface area contributed by atoms with Gasteiger partial charge in [-0.1, -0.05) is 0 Å². The van der Waals surface area contributed by atoms with Crippen molar-refractivity contribution in [3.63, 3.8) is 0 Å². The van der Waals surface area contributed by atoms with Gasteiger partial charge in [-0.25, -0.2) is 0 Å². The lowest BCUT2D eigenvalue weighted by atomic mass is 9.99. The molecule has 1 aliphatic heterocycles. The highest BCUT2D eigenvalue weighted by molar-refractivity contribution is 9.10. The van der Waals surface area contributed by atoms with E-state index < -0.39 is 5.54 Å². The fourth-order valence-corrected chi connectivity index (χ4v) is 2.29. The van der Waals surface area contributed by atoms with Crippen LogP contribution < -0.4 is 10.6 Å². The maximum atomic E-state index is 11.7. The number of nitrogens with one attached hydrogen (secondary N) is 2. The molecule has 0 unspecified atom stereocenters. The summed E-state index contributed by atoms with van der Waals surface area (Å²) >= 11 is 3.49. The first kappa shape index (κ1) is 10.5. The van der Waals surface area contributed by atoms with Gasteiger partial charge in [-0.05, 0) is 54.4 Å². The number of anilines is 2. The van der Waals surface area contributed by atoms with Crippen LogP contribution in [-0.4, -0.2) is 11.4 Å². The van der Waals surface area contributed by atoms with E-state index in [4.69, 9.17) is 0 Å². The van der Waals surface area contributed by atoms with Crippen molar-refractivity contribution in [3.05, 3.63) is 22.2 Å². The maximum absolute atomic E-state index is 11.7. The number of hydrogen-bond donors (Lipinski definition) is 2. The van der Waals surface area contributed by atoms with Crippen LogP contribution >= 0.6 is 15.9 Å². The molecule has 2 N–H and O–H groups in total. The summed E-state index contributed by atoms with van der Waals surface area (Å²) in [5.74, 6) is -0.00694. The first-order chi connectivity index (χ1) is 6.90. The van der Waals surface area contributed by atoms with E-state index in [9.17, 15) is 4.79 Å². The molecule has 15 heavy (non-hydrogen) atoms. The minimum Gasteiger partial charge on any atom is -0.369 e. The molecule has 0 atom stereocenters. The van der Waals surface area contributed by atoms with Crippen molar-refractivity contribution in [1.29, 1.82) is 0 Å². The van der Waals surface area contributed by atoms with Gasteiger partial charge in [0, 0.05) is 4.47 Å². The van der Waals surface area contributed by atoms with Crippen molar-refractivity contribution < 1.29 is 4.79 Å². The third kappa shape index (κ3) is 1.74. The molecular weight excluding hydrogens is 256 g/mol. The van der Waals surface area contributed by atoms with Crippen LogP contribution in [0.4, 0.5) is 11.4 Å². The Labute approximate surface area is 97.4 Å². The minimum atomic E-state index is -0.565. The molecule has 0 aromatic heterocycles. The molecule has 0 fully saturated rings. The Kier molecular flexibility index (Phi) is 2.26. The van der Waals surface area contributed by atoms with E-state index in [1.165, 1.54) is 0 Å². The van der Waals surface area contributed by atoms with E-state index in [1.807, 2.05) is 32.9 Å². The molecule has 3 nitrogen and oxygen atoms in total. The molecular formula is C11H13BrN2O. The molecule has 0 saturated heterocycles. The Morgan fingerprint density at radius 3 is 2.67 bits per heavy atom. The third-order valence-electron chi connectivity index (χ3n) is 2.49. The van der Waals surface area contributed by atoms with Gasteiger partial charge in [0.1, 0.15) is 5.54 Å². The van der Waals surface area contributed by atoms with Gasteiger partial charge in [-0.3, -0.25) is 4.79 Å². The Morgan fingerprint density at radius 1 is 1.33 bits per heavy atom. The number of rotatable bonds is 0. The average molecular weight is 269 g/mol. The average Bonchev–Trinajstić information content (AvgIpc) is 2.09. The van der Waals surface area contributed by atoms with Crippen LogP contribution in [0.2, 0.25) is 0 Å². The molecule has 1 aromatic rings. The van der Waals surface area contributed by atoms with E-state index in [0.717, 1.165) is 21.4 Å². The number of hydrogen-bond acceptors (Lipinski definition) is 2. The van der Waals surface area contributed by atoms with E-state index in [-0.39, 0.29) is 5.91 Å². The minimum absolute atomic E-state index is 0.00694. The number of carbonyl (C=O) groups is 1. The summed E-state index contributed by atoms with van der Waals surface area (Å²) in [5, 5.41) is 6.12. The Hall–Kier alpha value is -1.03. The first-order valence-corrected chi connectivity index (χ1v) is 5.59. The van der Waals surface area contributed by atoms with E-state index in [1.54, 1.807) is 0 Å². The molecule has 0 spiro atoms. The molecule has 1 amide bonds. The zero-order valence-corrected chi connectivity index (χ0v) is 10.5. The van der Waals surface area contributed by atoms with Crippen molar-refractivity contribution in [1.82, 2.24) is 0 Å². The summed E-state index contributed by atoms with van der Waals surface area (Å²) in [7, 11) is 0. The Bertz CT molecular complexity index is 440. The molecule has 1 aromatic carbocycles. The standard InChI is InChI=1S/C11H13BrN2O/c1-6-4-7(12)9-8(5-6)13-10(15)11(2,3)14-9/h4-5,14H,1-3H3,(H,13,15). The smallest absolute Gasteiger partial charge is 0.249 e. The van der Waals surface area contributed by atoms with Gasteiger partial charge in [0.05, 0.1) is 11.4 Å². The highest BCUT2D eigenvalue weighted by atomic mass is 79.9. The lowest BCUT2D eigenvalue weighted by molar-refractivity contribution is -0.119. The molecule has 0 radical (unpaired) electrons. The largest absolute Gasteiger partial charge is 0.369 e. The van der Waals surface area contributed by atoms with Crippen molar-refractivity contribution in [2.75, 3.05) is 10.6 Å². The predicted molar refractivity (Wildman–Crippen MR) is 65.2 cm³/mol. The van der Waals surface area contributed by atoms with Crippen LogP contribution in [0.3, 0.4) is 0 Å². The van der Waals surface area contributed by atoms with E-state index in [0.29, 0.717) is 0 Å². The lowest BCUT2D eigenvalue weighted by Crippen LogP contribution is -2.47. The fraction of sp³-hybridized carbons (Fsp3) is 0.364. The van der Waals surface area contributed by atoms with Gasteiger partial charge in [0.2, 0.25) is 5.91 Å². The normalized spacial score (nSPS) is 17.7. The van der Waals surface area contributed by atoms with Crippen LogP contribution in [0.5, 0.6) is 0 Å². The van der Waals surface area contributed by atoms with Gasteiger partial charge < -0.3 is 10.6 Å². The molecule has 4 heteroatoms. The number of fused-ring (bicyclic) bond motifs is 1. The van der Waals surface area contributed by atoms with Crippen molar-refractivity contribution in [2.45, 2.75) is 26.3 Å². The zero-order valence-electron chi connectivity index (χ0n) is 8.94. The topological polar surface area (TPSA) is 41.1 Å². The monoisotopic (exact) mass is 268 g/mol. The van der Waals surface area contributed by atoms with Crippen LogP contribution in [0.25, 0.3) is 0 Å². The highest BCUT2D eigenvalue weighted by Gasteiger charge is 2.33. The van der Waals surface area contributed by atoms with Gasteiger partial charge in [-0.15, -0.1) is 0 Å². The molecule has 0 saturated carbocycles. The molecule has 1 aliphatic rings. The van der Waals surface area contributed by atoms with Crippen LogP contribution in [0, 0.1) is 6.92 Å². The van der Waals surface area contributed by atoms with Crippen molar-refractivity contribution in [3.8, 4) is 0 Å². The summed E-state index contributed by atoms with van der Waals surface area (Å²) in [5.41, 5.74) is 2.34. The van der Waals surface area contributed by atoms with Gasteiger partial charge in [0.15, 0.2) is 0 Å². The van der Waals surface area contributed by atoms with Crippen molar-refractivity contribution in [2.24, 2.45) is 0 Å². The van der Waals surface area contributed by atoms with E-state index in [2.05, 4.69) is 26.6 Å². The summed E-state index contributed by atoms with van der Waals surface area (Å²) in [6.07, 6.45) is 0. The highest BCUT2D eigenvalue weighted by Crippen LogP contribution is 2.37. The number of carbonyl (C=O) groups excluding carboxylic acids is 1. The Balaban J connectivity index is 2.55. The van der Waals surface area contributed by atoms with Gasteiger partial charge >= 0.3 is 0 Å². The van der Waals surface area contributed by atoms with Gasteiger partial charge in [0.25, 0.3) is 0 Å². The summed E-state index contributed by atoms with van der Waals surface area (Å²) in [4.78, 5) is 11.7. The SMILES string of the molecule is Cc1cc(Br)c2c(c1)NC(=O)C(C)(C)N2. The second-order valence-electron chi connectivity index (χ2n) is 4.37. The number of aryl methyl sites for hydroxylation is 1. The number of benzene rings is 1. The summed E-state index contributed by atoms with van der Waals surface area (Å²) < 4.78 is 0.977.